The highest BCUT2D eigenvalue weighted by Gasteiger charge is 2.13. The van der Waals surface area contributed by atoms with Crippen molar-refractivity contribution in [1.82, 2.24) is 5.32 Å². The van der Waals surface area contributed by atoms with Gasteiger partial charge in [0.25, 0.3) is 0 Å². The minimum atomic E-state index is 0.398. The smallest absolute Gasteiger partial charge is 0.0704 e. The minimum absolute atomic E-state index is 0.398. The van der Waals surface area contributed by atoms with E-state index in [-0.39, 0.29) is 0 Å². The number of hydrogen-bond acceptors (Lipinski definition) is 2. The lowest BCUT2D eigenvalue weighted by Gasteiger charge is -2.16. The molecule has 0 amide bonds. The SMILES string of the molecule is C=C(C)/C(=C/NC(C)CC)C(=N)c1cc(C)ccc1CC. The molecule has 0 aromatic heterocycles. The van der Waals surface area contributed by atoms with Gasteiger partial charge in [-0.1, -0.05) is 38.1 Å². The van der Waals surface area contributed by atoms with Crippen molar-refractivity contribution in [3.05, 3.63) is 58.8 Å². The summed E-state index contributed by atoms with van der Waals surface area (Å²) in [6, 6.07) is 6.73. The van der Waals surface area contributed by atoms with Crippen LogP contribution in [0.3, 0.4) is 0 Å². The maximum atomic E-state index is 8.59. The Labute approximate surface area is 129 Å². The Bertz CT molecular complexity index is 553. The van der Waals surface area contributed by atoms with Crippen LogP contribution in [0.5, 0.6) is 0 Å². The minimum Gasteiger partial charge on any atom is -0.388 e. The van der Waals surface area contributed by atoms with Crippen molar-refractivity contribution < 1.29 is 0 Å². The van der Waals surface area contributed by atoms with Crippen LogP contribution in [-0.4, -0.2) is 11.8 Å². The van der Waals surface area contributed by atoms with E-state index in [1.54, 1.807) is 0 Å². The third kappa shape index (κ3) is 4.59. The van der Waals surface area contributed by atoms with Crippen LogP contribution in [0.25, 0.3) is 0 Å². The molecule has 0 aliphatic heterocycles. The Morgan fingerprint density at radius 1 is 1.38 bits per heavy atom. The maximum absolute atomic E-state index is 8.59. The van der Waals surface area contributed by atoms with Crippen molar-refractivity contribution in [3.8, 4) is 0 Å². The molecule has 1 aromatic rings. The zero-order valence-electron chi connectivity index (χ0n) is 14.0. The van der Waals surface area contributed by atoms with Crippen LogP contribution >= 0.6 is 0 Å². The Hall–Kier alpha value is -1.83. The molecule has 2 N–H and O–H groups in total. The van der Waals surface area contributed by atoms with Crippen LogP contribution in [0.15, 0.2) is 42.1 Å². The molecule has 0 radical (unpaired) electrons. The third-order valence-corrected chi connectivity index (χ3v) is 3.77. The van der Waals surface area contributed by atoms with Gasteiger partial charge in [0.05, 0.1) is 5.71 Å². The van der Waals surface area contributed by atoms with Gasteiger partial charge in [-0.05, 0) is 50.8 Å². The van der Waals surface area contributed by atoms with Gasteiger partial charge in [0.1, 0.15) is 0 Å². The van der Waals surface area contributed by atoms with Crippen LogP contribution in [0.4, 0.5) is 0 Å². The van der Waals surface area contributed by atoms with Crippen molar-refractivity contribution in [2.75, 3.05) is 0 Å². The highest BCUT2D eigenvalue weighted by atomic mass is 14.9. The van der Waals surface area contributed by atoms with Crippen LogP contribution in [0.2, 0.25) is 0 Å². The monoisotopic (exact) mass is 284 g/mol. The van der Waals surface area contributed by atoms with E-state index in [1.165, 1.54) is 11.1 Å². The lowest BCUT2D eigenvalue weighted by atomic mass is 9.92. The fourth-order valence-corrected chi connectivity index (χ4v) is 2.13. The summed E-state index contributed by atoms with van der Waals surface area (Å²) in [5.41, 5.74) is 5.76. The normalized spacial score (nSPS) is 12.9. The molecule has 0 aliphatic rings. The fourth-order valence-electron chi connectivity index (χ4n) is 2.13. The first-order valence-corrected chi connectivity index (χ1v) is 7.71. The molecule has 0 bridgehead atoms. The first kappa shape index (κ1) is 17.2. The summed E-state index contributed by atoms with van der Waals surface area (Å²) >= 11 is 0. The Morgan fingerprint density at radius 2 is 2.05 bits per heavy atom. The van der Waals surface area contributed by atoms with Crippen molar-refractivity contribution in [2.45, 2.75) is 53.5 Å². The van der Waals surface area contributed by atoms with Gasteiger partial charge in [0.2, 0.25) is 0 Å². The molecular weight excluding hydrogens is 256 g/mol. The van der Waals surface area contributed by atoms with E-state index >= 15 is 0 Å². The molecule has 1 atom stereocenters. The summed E-state index contributed by atoms with van der Waals surface area (Å²) in [4.78, 5) is 0. The van der Waals surface area contributed by atoms with Crippen LogP contribution in [0, 0.1) is 12.3 Å². The van der Waals surface area contributed by atoms with Crippen molar-refractivity contribution >= 4 is 5.71 Å². The molecule has 0 heterocycles. The topological polar surface area (TPSA) is 35.9 Å². The van der Waals surface area contributed by atoms with Gasteiger partial charge in [0.15, 0.2) is 0 Å². The largest absolute Gasteiger partial charge is 0.388 e. The number of benzene rings is 1. The van der Waals surface area contributed by atoms with Gasteiger partial charge < -0.3 is 5.32 Å². The molecule has 0 saturated carbocycles. The zero-order valence-corrected chi connectivity index (χ0v) is 14.0. The van der Waals surface area contributed by atoms with E-state index in [2.05, 4.69) is 57.8 Å². The quantitative estimate of drug-likeness (QED) is 0.549. The summed E-state index contributed by atoms with van der Waals surface area (Å²) in [5, 5.41) is 11.9. The van der Waals surface area contributed by atoms with Crippen LogP contribution < -0.4 is 5.32 Å². The standard InChI is InChI=1S/C19H28N2/c1-7-15(6)21-12-18(13(3)4)19(20)17-11-14(5)9-10-16(17)8-2/h9-12,15,20-21H,3,7-8H2,1-2,4-6H3/b18-12-,20-19?. The second kappa shape index (κ2) is 7.82. The van der Waals surface area contributed by atoms with E-state index in [0.717, 1.165) is 29.6 Å². The van der Waals surface area contributed by atoms with E-state index in [9.17, 15) is 0 Å². The van der Waals surface area contributed by atoms with E-state index < -0.39 is 0 Å². The summed E-state index contributed by atoms with van der Waals surface area (Å²) in [6.07, 6.45) is 3.93. The van der Waals surface area contributed by atoms with Gasteiger partial charge >= 0.3 is 0 Å². The Balaban J connectivity index is 3.18. The summed E-state index contributed by atoms with van der Waals surface area (Å²) in [5.74, 6) is 0. The Morgan fingerprint density at radius 3 is 2.57 bits per heavy atom. The predicted octanol–water partition coefficient (Wildman–Crippen LogP) is 4.77. The molecule has 1 unspecified atom stereocenters. The molecule has 2 nitrogen and oxygen atoms in total. The highest BCUT2D eigenvalue weighted by Crippen LogP contribution is 2.20. The molecular formula is C19H28N2. The molecule has 1 aromatic carbocycles. The molecule has 21 heavy (non-hydrogen) atoms. The first-order valence-electron chi connectivity index (χ1n) is 7.71. The molecule has 0 saturated heterocycles. The van der Waals surface area contributed by atoms with Crippen LogP contribution in [0.1, 0.15) is 50.8 Å². The zero-order chi connectivity index (χ0) is 16.0. The van der Waals surface area contributed by atoms with E-state index in [0.29, 0.717) is 11.8 Å². The molecule has 0 aliphatic carbocycles. The van der Waals surface area contributed by atoms with Crippen molar-refractivity contribution in [1.29, 1.82) is 5.41 Å². The molecule has 114 valence electrons. The number of hydrogen-bond donors (Lipinski definition) is 2. The van der Waals surface area contributed by atoms with E-state index in [4.69, 9.17) is 5.41 Å². The lowest BCUT2D eigenvalue weighted by molar-refractivity contribution is 0.618. The van der Waals surface area contributed by atoms with Crippen LogP contribution in [-0.2, 0) is 6.42 Å². The Kier molecular flexibility index (Phi) is 6.41. The number of nitrogens with one attached hydrogen (secondary N) is 2. The molecule has 1 rings (SSSR count). The first-order chi connectivity index (χ1) is 9.90. The third-order valence-electron chi connectivity index (χ3n) is 3.77. The molecule has 0 spiro atoms. The van der Waals surface area contributed by atoms with Crippen molar-refractivity contribution in [3.63, 3.8) is 0 Å². The van der Waals surface area contributed by atoms with Gasteiger partial charge in [-0.2, -0.15) is 0 Å². The second-order valence-electron chi connectivity index (χ2n) is 5.70. The summed E-state index contributed by atoms with van der Waals surface area (Å²) in [6.45, 7) is 14.5. The van der Waals surface area contributed by atoms with Crippen molar-refractivity contribution in [2.24, 2.45) is 0 Å². The summed E-state index contributed by atoms with van der Waals surface area (Å²) < 4.78 is 0. The second-order valence-corrected chi connectivity index (χ2v) is 5.70. The summed E-state index contributed by atoms with van der Waals surface area (Å²) in [7, 11) is 0. The average molecular weight is 284 g/mol. The maximum Gasteiger partial charge on any atom is 0.0704 e. The number of aryl methyl sites for hydroxylation is 2. The fraction of sp³-hybridized carbons (Fsp3) is 0.421. The van der Waals surface area contributed by atoms with Gasteiger partial charge in [-0.25, -0.2) is 0 Å². The van der Waals surface area contributed by atoms with Gasteiger partial charge in [0, 0.05) is 23.4 Å². The lowest BCUT2D eigenvalue weighted by Crippen LogP contribution is -2.21. The highest BCUT2D eigenvalue weighted by molar-refractivity contribution is 6.14. The number of rotatable bonds is 7. The van der Waals surface area contributed by atoms with Gasteiger partial charge in [-0.3, -0.25) is 5.41 Å². The number of allylic oxidation sites excluding steroid dienone is 2. The van der Waals surface area contributed by atoms with Gasteiger partial charge in [-0.15, -0.1) is 0 Å². The molecule has 2 heteroatoms. The predicted molar refractivity (Wildman–Crippen MR) is 93.2 cm³/mol. The average Bonchev–Trinajstić information content (AvgIpc) is 2.46. The van der Waals surface area contributed by atoms with E-state index in [1.807, 2.05) is 13.1 Å². The molecule has 0 fully saturated rings.